The quantitative estimate of drug-likeness (QED) is 0.462. The molecule has 3 amide bonds. The summed E-state index contributed by atoms with van der Waals surface area (Å²) in [5.41, 5.74) is 1.70. The molecule has 0 fully saturated rings. The van der Waals surface area contributed by atoms with Crippen LogP contribution in [0.15, 0.2) is 18.2 Å². The molecule has 0 aliphatic carbocycles. The molecule has 1 aromatic carbocycles. The Morgan fingerprint density at radius 2 is 1.87 bits per heavy atom. The molecule has 0 saturated heterocycles. The third kappa shape index (κ3) is 8.67. The zero-order chi connectivity index (χ0) is 23.6. The van der Waals surface area contributed by atoms with Crippen LogP contribution >= 0.6 is 0 Å². The average molecular weight is 431 g/mol. The monoisotopic (exact) mass is 430 g/mol. The Morgan fingerprint density at radius 3 is 2.45 bits per heavy atom. The second-order valence-corrected chi connectivity index (χ2v) is 8.44. The number of alkyl carbamates (subject to hydrolysis) is 1. The number of nitriles is 1. The van der Waals surface area contributed by atoms with E-state index < -0.39 is 23.6 Å². The van der Waals surface area contributed by atoms with Gasteiger partial charge < -0.3 is 20.3 Å². The minimum Gasteiger partial charge on any atom is -0.444 e. The summed E-state index contributed by atoms with van der Waals surface area (Å²) in [5.74, 6) is -0.910. The van der Waals surface area contributed by atoms with E-state index in [1.807, 2.05) is 45.0 Å². The van der Waals surface area contributed by atoms with E-state index in [9.17, 15) is 19.6 Å². The average Bonchev–Trinajstić information content (AvgIpc) is 2.67. The number of nitrogens with one attached hydrogen (secondary N) is 2. The first-order chi connectivity index (χ1) is 14.5. The van der Waals surface area contributed by atoms with E-state index in [2.05, 4.69) is 10.6 Å². The Hall–Kier alpha value is -3.08. The minimum atomic E-state index is -0.982. The number of amides is 3. The highest BCUT2D eigenvalue weighted by atomic mass is 16.6. The summed E-state index contributed by atoms with van der Waals surface area (Å²) in [7, 11) is 0. The molecule has 0 aromatic heterocycles. The molecule has 0 bridgehead atoms. The lowest BCUT2D eigenvalue weighted by Gasteiger charge is -2.31. The fraction of sp³-hybridized carbons (Fsp3) is 0.565. The zero-order valence-corrected chi connectivity index (χ0v) is 19.4. The molecule has 8 heteroatoms. The number of hydrogen-bond donors (Lipinski definition) is 2. The normalized spacial score (nSPS) is 11.8. The highest BCUT2D eigenvalue weighted by Gasteiger charge is 2.32. The van der Waals surface area contributed by atoms with Crippen LogP contribution in [-0.4, -0.2) is 48.0 Å². The van der Waals surface area contributed by atoms with E-state index in [1.165, 1.54) is 4.90 Å². The molecule has 31 heavy (non-hydrogen) atoms. The summed E-state index contributed by atoms with van der Waals surface area (Å²) in [6.45, 7) is 10.7. The van der Waals surface area contributed by atoms with E-state index >= 15 is 0 Å². The summed E-state index contributed by atoms with van der Waals surface area (Å²) >= 11 is 0. The number of benzene rings is 1. The largest absolute Gasteiger partial charge is 0.444 e. The molecule has 0 radical (unpaired) electrons. The van der Waals surface area contributed by atoms with Gasteiger partial charge in [0.2, 0.25) is 11.8 Å². The lowest BCUT2D eigenvalue weighted by atomic mass is 9.96. The first kappa shape index (κ1) is 26.0. The summed E-state index contributed by atoms with van der Waals surface area (Å²) in [4.78, 5) is 39.2. The number of aryl methyl sites for hydroxylation is 2. The molecule has 1 aromatic rings. The molecule has 0 aliphatic heterocycles. The molecule has 1 unspecified atom stereocenters. The number of carbonyl (C=O) groups is 3. The molecular formula is C23H34N4O4. The topological polar surface area (TPSA) is 112 Å². The minimum absolute atomic E-state index is 0.298. The van der Waals surface area contributed by atoms with Crippen molar-refractivity contribution in [1.29, 1.82) is 5.26 Å². The van der Waals surface area contributed by atoms with Crippen molar-refractivity contribution in [2.24, 2.45) is 0 Å². The molecular weight excluding hydrogens is 396 g/mol. The van der Waals surface area contributed by atoms with Crippen molar-refractivity contribution in [3.05, 3.63) is 34.9 Å². The SMILES string of the molecule is CCCCNC(=O)C(c1cc(C)ccc1C)N(CC#N)C(=O)CNC(=O)OC(C)(C)C. The van der Waals surface area contributed by atoms with E-state index in [0.717, 1.165) is 24.0 Å². The zero-order valence-electron chi connectivity index (χ0n) is 19.4. The van der Waals surface area contributed by atoms with Gasteiger partial charge in [0.15, 0.2) is 0 Å². The highest BCUT2D eigenvalue weighted by Crippen LogP contribution is 2.26. The van der Waals surface area contributed by atoms with Crippen LogP contribution in [0.4, 0.5) is 4.79 Å². The van der Waals surface area contributed by atoms with Crippen LogP contribution in [0, 0.1) is 25.2 Å². The summed E-state index contributed by atoms with van der Waals surface area (Å²) in [6, 6.07) is 6.63. The number of ether oxygens (including phenoxy) is 1. The maximum absolute atomic E-state index is 13.1. The van der Waals surface area contributed by atoms with Gasteiger partial charge in [0.25, 0.3) is 0 Å². The first-order valence-electron chi connectivity index (χ1n) is 10.5. The van der Waals surface area contributed by atoms with Crippen molar-refractivity contribution in [2.45, 2.75) is 66.0 Å². The molecule has 1 atom stereocenters. The lowest BCUT2D eigenvalue weighted by Crippen LogP contribution is -2.48. The molecule has 0 saturated carbocycles. The molecule has 0 spiro atoms. The third-order valence-corrected chi connectivity index (χ3v) is 4.46. The number of nitrogens with zero attached hydrogens (tertiary/aromatic N) is 2. The van der Waals surface area contributed by atoms with Gasteiger partial charge in [-0.3, -0.25) is 9.59 Å². The Bertz CT molecular complexity index is 824. The van der Waals surface area contributed by atoms with Crippen molar-refractivity contribution < 1.29 is 19.1 Å². The van der Waals surface area contributed by atoms with E-state index in [0.29, 0.717) is 12.1 Å². The standard InChI is InChI=1S/C23H34N4O4/c1-7-8-12-25-21(29)20(18-14-16(2)9-10-17(18)3)27(13-11-24)19(28)15-26-22(30)31-23(4,5)6/h9-10,14,20H,7-8,12-13,15H2,1-6H3,(H,25,29)(H,26,30). The highest BCUT2D eigenvalue weighted by molar-refractivity contribution is 5.90. The molecule has 0 heterocycles. The van der Waals surface area contributed by atoms with Crippen LogP contribution in [-0.2, 0) is 14.3 Å². The number of carbonyl (C=O) groups excluding carboxylic acids is 3. The van der Waals surface area contributed by atoms with Crippen molar-refractivity contribution in [2.75, 3.05) is 19.6 Å². The Labute approximate surface area is 184 Å². The number of hydrogen-bond acceptors (Lipinski definition) is 5. The van der Waals surface area contributed by atoms with E-state index in [-0.39, 0.29) is 19.0 Å². The lowest BCUT2D eigenvalue weighted by molar-refractivity contribution is -0.139. The van der Waals surface area contributed by atoms with Crippen molar-refractivity contribution in [3.63, 3.8) is 0 Å². The maximum atomic E-state index is 13.1. The van der Waals surface area contributed by atoms with Crippen molar-refractivity contribution in [3.8, 4) is 6.07 Å². The maximum Gasteiger partial charge on any atom is 0.408 e. The van der Waals surface area contributed by atoms with E-state index in [1.54, 1.807) is 20.8 Å². The third-order valence-electron chi connectivity index (χ3n) is 4.46. The van der Waals surface area contributed by atoms with Crippen LogP contribution in [0.5, 0.6) is 0 Å². The second-order valence-electron chi connectivity index (χ2n) is 8.44. The molecule has 0 aliphatic rings. The first-order valence-corrected chi connectivity index (χ1v) is 10.5. The molecule has 1 rings (SSSR count). The number of rotatable bonds is 9. The second kappa shape index (κ2) is 11.9. The Morgan fingerprint density at radius 1 is 1.19 bits per heavy atom. The van der Waals surface area contributed by atoms with Crippen molar-refractivity contribution >= 4 is 17.9 Å². The van der Waals surface area contributed by atoms with Crippen molar-refractivity contribution in [1.82, 2.24) is 15.5 Å². The van der Waals surface area contributed by atoms with Gasteiger partial charge in [-0.25, -0.2) is 4.79 Å². The fourth-order valence-corrected chi connectivity index (χ4v) is 2.95. The van der Waals surface area contributed by atoms with Crippen LogP contribution in [0.25, 0.3) is 0 Å². The van der Waals surface area contributed by atoms with Crippen LogP contribution in [0.1, 0.15) is 63.3 Å². The van der Waals surface area contributed by atoms with Gasteiger partial charge in [-0.05, 0) is 52.2 Å². The molecule has 2 N–H and O–H groups in total. The Kier molecular flexibility index (Phi) is 10.00. The van der Waals surface area contributed by atoms with Gasteiger partial charge in [-0.15, -0.1) is 0 Å². The van der Waals surface area contributed by atoms with Gasteiger partial charge in [-0.1, -0.05) is 37.1 Å². The van der Waals surface area contributed by atoms with E-state index in [4.69, 9.17) is 4.74 Å². The van der Waals surface area contributed by atoms with Gasteiger partial charge in [0.1, 0.15) is 24.7 Å². The smallest absolute Gasteiger partial charge is 0.408 e. The van der Waals surface area contributed by atoms with Crippen LogP contribution in [0.2, 0.25) is 0 Å². The van der Waals surface area contributed by atoms with Gasteiger partial charge in [0.05, 0.1) is 6.07 Å². The number of unbranched alkanes of at least 4 members (excludes halogenated alkanes) is 1. The fourth-order valence-electron chi connectivity index (χ4n) is 2.95. The predicted molar refractivity (Wildman–Crippen MR) is 118 cm³/mol. The van der Waals surface area contributed by atoms with Gasteiger partial charge in [0, 0.05) is 6.54 Å². The molecule has 8 nitrogen and oxygen atoms in total. The summed E-state index contributed by atoms with van der Waals surface area (Å²) < 4.78 is 5.16. The predicted octanol–water partition coefficient (Wildman–Crippen LogP) is 3.14. The van der Waals surface area contributed by atoms with Crippen LogP contribution in [0.3, 0.4) is 0 Å². The summed E-state index contributed by atoms with van der Waals surface area (Å²) in [5, 5.41) is 14.6. The summed E-state index contributed by atoms with van der Waals surface area (Å²) in [6.07, 6.45) is 0.973. The Balaban J connectivity index is 3.18. The van der Waals surface area contributed by atoms with Gasteiger partial charge >= 0.3 is 6.09 Å². The van der Waals surface area contributed by atoms with Gasteiger partial charge in [-0.2, -0.15) is 5.26 Å². The molecule has 170 valence electrons. The van der Waals surface area contributed by atoms with Crippen LogP contribution < -0.4 is 10.6 Å².